The number of fused-ring (bicyclic) bond motifs is 3. The summed E-state index contributed by atoms with van der Waals surface area (Å²) >= 11 is 0. The second-order valence-corrected chi connectivity index (χ2v) is 10.8. The molecule has 0 aromatic heterocycles. The van der Waals surface area contributed by atoms with E-state index in [0.29, 0.717) is 0 Å². The molecule has 0 unspecified atom stereocenters. The first-order valence-corrected chi connectivity index (χ1v) is 12.5. The number of nitrogens with one attached hydrogen (secondary N) is 2. The topological polar surface area (TPSA) is 201 Å². The zero-order chi connectivity index (χ0) is 29.3. The van der Waals surface area contributed by atoms with Crippen molar-refractivity contribution >= 4 is 29.0 Å². The highest BCUT2D eigenvalue weighted by Crippen LogP contribution is 2.53. The fourth-order valence-corrected chi connectivity index (χ4v) is 6.32. The van der Waals surface area contributed by atoms with Gasteiger partial charge in [-0.3, -0.25) is 24.2 Å². The van der Waals surface area contributed by atoms with Crippen LogP contribution in [-0.4, -0.2) is 98.9 Å². The van der Waals surface area contributed by atoms with Gasteiger partial charge in [0.2, 0.25) is 5.91 Å². The summed E-state index contributed by atoms with van der Waals surface area (Å²) in [6.07, 6.45) is 0.703. The quantitative estimate of drug-likeness (QED) is 0.256. The number of likely N-dealkylation sites (N-methyl/N-ethyl adjacent to an activating group) is 1. The minimum absolute atomic E-state index is 0.0271. The molecule has 1 aromatic carbocycles. The molecule has 3 aliphatic carbocycles. The number of benzene rings is 1. The number of aliphatic hydroxyl groups is 3. The standard InChI is InChI=1S/C26H30FN5O7/c1-31(2)19-12-7-10-6-11-13(27)8-14(30-15(33)9-32-4-3-5-32)20(34)17(11)21(35)16(10)24(37)26(12,39)23(28)18(22(19)36)25(29)38/h8,10,12,19,28,34,36-37,39H,3-7,9H2,1-2H3,(H2,29,38)(H,30,33)/b28-23-/t10-,12-,19-,26+/m0/s1. The van der Waals surface area contributed by atoms with Crippen LogP contribution in [0.15, 0.2) is 28.7 Å². The number of allylic oxidation sites excluding steroid dienone is 1. The van der Waals surface area contributed by atoms with Crippen molar-refractivity contribution < 1.29 is 40.6 Å². The summed E-state index contributed by atoms with van der Waals surface area (Å²) in [5.74, 6) is -7.70. The molecule has 208 valence electrons. The van der Waals surface area contributed by atoms with Crippen LogP contribution in [0.2, 0.25) is 1.41 Å². The van der Waals surface area contributed by atoms with Gasteiger partial charge in [0.15, 0.2) is 18.5 Å². The number of amides is 2. The molecule has 1 aliphatic heterocycles. The van der Waals surface area contributed by atoms with Gasteiger partial charge in [-0.25, -0.2) is 4.39 Å². The number of likely N-dealkylation sites (tertiary alicyclic amines) is 1. The zero-order valence-corrected chi connectivity index (χ0v) is 21.4. The number of carbonyl (C=O) groups is 3. The Labute approximate surface area is 224 Å². The van der Waals surface area contributed by atoms with Crippen molar-refractivity contribution in [1.29, 1.82) is 5.40 Å². The van der Waals surface area contributed by atoms with Crippen LogP contribution in [0.5, 0.6) is 5.75 Å². The van der Waals surface area contributed by atoms with Gasteiger partial charge in [0, 0.05) is 23.1 Å². The predicted octanol–water partition coefficient (Wildman–Crippen LogP) is 0.355. The lowest BCUT2D eigenvalue weighted by atomic mass is 9.58. The van der Waals surface area contributed by atoms with Crippen molar-refractivity contribution in [1.82, 2.24) is 9.80 Å². The summed E-state index contributed by atoms with van der Waals surface area (Å²) in [6, 6.07) is -0.147. The lowest BCUT2D eigenvalue weighted by Crippen LogP contribution is -2.63. The normalized spacial score (nSPS) is 30.0. The minimum Gasteiger partial charge on any atom is -0.510 e. The number of nitrogens with zero attached hydrogens (tertiary/aromatic N) is 2. The van der Waals surface area contributed by atoms with Crippen LogP contribution < -0.4 is 11.1 Å². The van der Waals surface area contributed by atoms with E-state index in [0.717, 1.165) is 25.6 Å². The molecule has 4 atom stereocenters. The molecule has 5 rings (SSSR count). The van der Waals surface area contributed by atoms with Crippen molar-refractivity contribution in [3.8, 4) is 5.75 Å². The van der Waals surface area contributed by atoms with E-state index < -0.39 is 81.0 Å². The molecule has 0 radical (unpaired) electrons. The number of anilines is 1. The number of phenolic OH excluding ortho intramolecular Hbond substituents is 1. The molecule has 0 bridgehead atoms. The molecule has 12 nitrogen and oxygen atoms in total. The third kappa shape index (κ3) is 3.83. The summed E-state index contributed by atoms with van der Waals surface area (Å²) in [5.41, 5.74) is 0.198. The number of aromatic hydroxyl groups is 1. The van der Waals surface area contributed by atoms with Gasteiger partial charge in [-0.2, -0.15) is 0 Å². The van der Waals surface area contributed by atoms with Crippen LogP contribution >= 0.6 is 0 Å². The highest BCUT2D eigenvalue weighted by atomic mass is 19.1. The lowest BCUT2D eigenvalue weighted by Gasteiger charge is -2.51. The zero-order valence-electron chi connectivity index (χ0n) is 22.4. The third-order valence-corrected chi connectivity index (χ3v) is 8.28. The smallest absolute Gasteiger partial charge is 0.254 e. The summed E-state index contributed by atoms with van der Waals surface area (Å²) in [5, 5.41) is 50.9. The van der Waals surface area contributed by atoms with Gasteiger partial charge in [-0.1, -0.05) is 0 Å². The van der Waals surface area contributed by atoms with E-state index in [-0.39, 0.29) is 36.2 Å². The molecular formula is C26H30FN5O7. The predicted molar refractivity (Wildman–Crippen MR) is 136 cm³/mol. The van der Waals surface area contributed by atoms with E-state index in [1.54, 1.807) is 14.1 Å². The number of halogens is 1. The van der Waals surface area contributed by atoms with E-state index in [1.165, 1.54) is 4.90 Å². The maximum absolute atomic E-state index is 15.4. The van der Waals surface area contributed by atoms with Gasteiger partial charge >= 0.3 is 0 Å². The van der Waals surface area contributed by atoms with Crippen molar-refractivity contribution in [2.45, 2.75) is 30.9 Å². The molecule has 39 heavy (non-hydrogen) atoms. The van der Waals surface area contributed by atoms with E-state index in [1.807, 2.05) is 4.90 Å². The van der Waals surface area contributed by atoms with E-state index in [4.69, 9.17) is 7.15 Å². The maximum atomic E-state index is 15.4. The molecule has 2 amide bonds. The van der Waals surface area contributed by atoms with Gasteiger partial charge in [0.1, 0.15) is 22.9 Å². The van der Waals surface area contributed by atoms with Gasteiger partial charge in [0.25, 0.3) is 5.91 Å². The molecule has 4 aliphatic rings. The number of rotatable bonds is 5. The van der Waals surface area contributed by atoms with E-state index in [9.17, 15) is 34.8 Å². The Hall–Kier alpha value is -3.81. The van der Waals surface area contributed by atoms with Crippen LogP contribution in [0.25, 0.3) is 0 Å². The number of ketones is 1. The number of nitrogens with two attached hydrogens (primary N) is 1. The lowest BCUT2D eigenvalue weighted by molar-refractivity contribution is -0.118. The monoisotopic (exact) mass is 543 g/mol. The van der Waals surface area contributed by atoms with E-state index >= 15 is 4.39 Å². The van der Waals surface area contributed by atoms with Crippen molar-refractivity contribution in [3.05, 3.63) is 45.7 Å². The van der Waals surface area contributed by atoms with Gasteiger partial charge in [0.05, 0.1) is 29.5 Å². The average Bonchev–Trinajstić information content (AvgIpc) is 2.84. The highest BCUT2D eigenvalue weighted by Gasteiger charge is 2.61. The molecule has 8 N–H and O–H groups in total. The number of hydrogen-bond acceptors (Lipinski definition) is 10. The summed E-state index contributed by atoms with van der Waals surface area (Å²) in [7, 11) is 3.10. The van der Waals surface area contributed by atoms with Crippen LogP contribution in [0.4, 0.5) is 10.1 Å². The highest BCUT2D eigenvalue weighted by molar-refractivity contribution is 6.26. The van der Waals surface area contributed by atoms with E-state index in [2.05, 4.69) is 10.7 Å². The Kier molecular flexibility index (Phi) is 5.97. The second kappa shape index (κ2) is 9.14. The third-order valence-electron chi connectivity index (χ3n) is 8.28. The first kappa shape index (κ1) is 25.5. The number of phenols is 1. The molecule has 1 saturated heterocycles. The fraction of sp³-hybridized carbons (Fsp3) is 0.462. The van der Waals surface area contributed by atoms with Crippen LogP contribution in [0, 0.1) is 23.1 Å². The number of primary amides is 1. The first-order chi connectivity index (χ1) is 18.8. The molecular weight excluding hydrogens is 513 g/mol. The van der Waals surface area contributed by atoms with Crippen LogP contribution in [0.1, 0.15) is 28.8 Å². The van der Waals surface area contributed by atoms with Gasteiger partial charge in [-0.05, 0) is 52.4 Å². The largest absolute Gasteiger partial charge is 0.510 e. The SMILES string of the molecule is [H]/N=C1/C(C(N)=O)=C(O)[C@@H](N(C)C)[C@@H]2C[C@@H]3Cc4c(F)cc(NC(=O)CN5CCC5)c(O)c4C(=O)C3=C(O)[C@]12O. The number of hydrogen-bond donors (Lipinski definition) is 7. The maximum Gasteiger partial charge on any atom is 0.254 e. The minimum atomic E-state index is -2.58. The molecule has 1 fully saturated rings. The summed E-state index contributed by atoms with van der Waals surface area (Å²) < 4.78 is 23.0. The Morgan fingerprint density at radius 3 is 2.59 bits per heavy atom. The molecule has 0 saturated carbocycles. The van der Waals surface area contributed by atoms with Crippen molar-refractivity contribution in [2.24, 2.45) is 17.6 Å². The number of aliphatic hydroxyl groups excluding tert-OH is 2. The second-order valence-electron chi connectivity index (χ2n) is 10.8. The fourth-order valence-electron chi connectivity index (χ4n) is 6.32. The van der Waals surface area contributed by atoms with Crippen molar-refractivity contribution in [3.63, 3.8) is 0 Å². The number of carbonyl (C=O) groups excluding carboxylic acids is 3. The summed E-state index contributed by atoms with van der Waals surface area (Å²) in [6.45, 7) is 1.50. The van der Waals surface area contributed by atoms with Gasteiger partial charge < -0.3 is 36.9 Å². The van der Waals surface area contributed by atoms with Crippen LogP contribution in [-0.2, 0) is 16.0 Å². The average molecular weight is 544 g/mol. The van der Waals surface area contributed by atoms with Gasteiger partial charge in [-0.15, -0.1) is 0 Å². The Morgan fingerprint density at radius 2 is 2.03 bits per heavy atom. The molecule has 0 spiro atoms. The molecule has 1 aromatic rings. The Balaban J connectivity index is 1.63. The first-order valence-electron chi connectivity index (χ1n) is 13.0. The Bertz CT molecular complexity index is 1440. The number of Topliss-reactive ketones (excluding diaryl/α,β-unsaturated/α-hetero) is 1. The molecule has 1 heterocycles. The Morgan fingerprint density at radius 1 is 1.33 bits per heavy atom. The summed E-state index contributed by atoms with van der Waals surface area (Å²) in [4.78, 5) is 41.8. The molecule has 13 heteroatoms. The van der Waals surface area contributed by atoms with Crippen molar-refractivity contribution in [2.75, 3.05) is 39.0 Å². The van der Waals surface area contributed by atoms with Crippen LogP contribution in [0.3, 0.4) is 0 Å².